The van der Waals surface area contributed by atoms with Gasteiger partial charge in [-0.1, -0.05) is 30.3 Å². The van der Waals surface area contributed by atoms with Gasteiger partial charge in [0, 0.05) is 55.5 Å². The van der Waals surface area contributed by atoms with Crippen LogP contribution in [0.15, 0.2) is 48.7 Å². The Morgan fingerprint density at radius 3 is 2.50 bits per heavy atom. The first-order chi connectivity index (χ1) is 15.1. The fourth-order valence-corrected chi connectivity index (χ4v) is 4.57. The molecule has 5 nitrogen and oxygen atoms in total. The van der Waals surface area contributed by atoms with E-state index in [1.165, 1.54) is 27.8 Å². The van der Waals surface area contributed by atoms with Gasteiger partial charge in [-0.3, -0.25) is 9.69 Å². The van der Waals surface area contributed by atoms with Crippen LogP contribution in [0.25, 0.3) is 10.9 Å². The standard InChI is InChI=1S/C26H33N3O2.ClH/c1-4-31-26(30)19-29-18-22(23-9-5-6-10-25(23)29)12-13-27-14-16-28(17-15-27)24-11-7-8-20(2)21(24)3;/h5-11,18H,4,12-17,19H2,1-3H3;1H. The summed E-state index contributed by atoms with van der Waals surface area (Å²) in [4.78, 5) is 17.1. The zero-order valence-electron chi connectivity index (χ0n) is 19.3. The summed E-state index contributed by atoms with van der Waals surface area (Å²) in [7, 11) is 0. The average Bonchev–Trinajstić information content (AvgIpc) is 3.12. The number of hydrogen-bond acceptors (Lipinski definition) is 4. The SMILES string of the molecule is CCOC(=O)Cn1cc(CCN2CCN(c3cccc(C)c3C)CC2)c2ccccc21.Cl. The second kappa shape index (κ2) is 10.9. The van der Waals surface area contributed by atoms with E-state index in [0.29, 0.717) is 6.61 Å². The van der Waals surface area contributed by atoms with Crippen molar-refractivity contribution in [2.75, 3.05) is 44.2 Å². The fraction of sp³-hybridized carbons (Fsp3) is 0.423. The molecule has 4 rings (SSSR count). The van der Waals surface area contributed by atoms with E-state index in [9.17, 15) is 4.79 Å². The first kappa shape index (κ1) is 24.1. The molecule has 1 aromatic heterocycles. The number of halogens is 1. The van der Waals surface area contributed by atoms with Gasteiger partial charge in [0.2, 0.25) is 0 Å². The van der Waals surface area contributed by atoms with Gasteiger partial charge in [-0.15, -0.1) is 12.4 Å². The van der Waals surface area contributed by atoms with E-state index in [0.717, 1.165) is 44.7 Å². The van der Waals surface area contributed by atoms with E-state index >= 15 is 0 Å². The summed E-state index contributed by atoms with van der Waals surface area (Å²) in [5, 5.41) is 1.24. The number of benzene rings is 2. The Balaban J connectivity index is 0.00000289. The zero-order valence-corrected chi connectivity index (χ0v) is 20.2. The number of esters is 1. The van der Waals surface area contributed by atoms with Crippen molar-refractivity contribution in [1.29, 1.82) is 0 Å². The molecule has 1 saturated heterocycles. The van der Waals surface area contributed by atoms with Crippen LogP contribution in [0.2, 0.25) is 0 Å². The molecular weight excluding hydrogens is 422 g/mol. The lowest BCUT2D eigenvalue weighted by molar-refractivity contribution is -0.143. The summed E-state index contributed by atoms with van der Waals surface area (Å²) < 4.78 is 7.18. The number of piperazine rings is 1. The molecule has 0 unspecified atom stereocenters. The fourth-order valence-electron chi connectivity index (χ4n) is 4.57. The second-order valence-corrected chi connectivity index (χ2v) is 8.40. The van der Waals surface area contributed by atoms with Gasteiger partial charge in [0.1, 0.15) is 6.54 Å². The molecule has 0 N–H and O–H groups in total. The number of aromatic nitrogens is 1. The molecule has 1 aliphatic rings. The second-order valence-electron chi connectivity index (χ2n) is 8.40. The molecule has 3 aromatic rings. The van der Waals surface area contributed by atoms with E-state index in [4.69, 9.17) is 4.74 Å². The van der Waals surface area contributed by atoms with Gasteiger partial charge >= 0.3 is 5.97 Å². The molecule has 0 bridgehead atoms. The highest BCUT2D eigenvalue weighted by Gasteiger charge is 2.19. The number of nitrogens with zero attached hydrogens (tertiary/aromatic N) is 3. The first-order valence-electron chi connectivity index (χ1n) is 11.3. The predicted octanol–water partition coefficient (Wildman–Crippen LogP) is 4.61. The van der Waals surface area contributed by atoms with Gasteiger partial charge in [0.05, 0.1) is 6.61 Å². The normalized spacial score (nSPS) is 14.4. The third-order valence-electron chi connectivity index (χ3n) is 6.46. The number of carbonyl (C=O) groups is 1. The molecule has 2 heterocycles. The molecule has 0 aliphatic carbocycles. The molecule has 172 valence electrons. The third kappa shape index (κ3) is 5.28. The monoisotopic (exact) mass is 455 g/mol. The molecule has 0 amide bonds. The maximum absolute atomic E-state index is 12.0. The van der Waals surface area contributed by atoms with Gasteiger partial charge < -0.3 is 14.2 Å². The Hall–Kier alpha value is -2.50. The Labute approximate surface area is 197 Å². The van der Waals surface area contributed by atoms with Crippen molar-refractivity contribution in [3.8, 4) is 0 Å². The summed E-state index contributed by atoms with van der Waals surface area (Å²) in [6, 6.07) is 14.9. The lowest BCUT2D eigenvalue weighted by Crippen LogP contribution is -2.47. The van der Waals surface area contributed by atoms with Crippen molar-refractivity contribution in [2.24, 2.45) is 0 Å². The van der Waals surface area contributed by atoms with Crippen molar-refractivity contribution >= 4 is 35.0 Å². The van der Waals surface area contributed by atoms with E-state index in [2.05, 4.69) is 66.2 Å². The topological polar surface area (TPSA) is 37.7 Å². The number of hydrogen-bond donors (Lipinski definition) is 0. The molecule has 0 atom stereocenters. The maximum Gasteiger partial charge on any atom is 0.325 e. The molecule has 0 radical (unpaired) electrons. The van der Waals surface area contributed by atoms with E-state index in [1.54, 1.807) is 0 Å². The minimum Gasteiger partial charge on any atom is -0.465 e. The van der Waals surface area contributed by atoms with Gasteiger partial charge in [0.15, 0.2) is 0 Å². The Morgan fingerprint density at radius 1 is 1.00 bits per heavy atom. The molecule has 1 aliphatic heterocycles. The zero-order chi connectivity index (χ0) is 21.8. The average molecular weight is 456 g/mol. The van der Waals surface area contributed by atoms with Gasteiger partial charge in [0.25, 0.3) is 0 Å². The van der Waals surface area contributed by atoms with Crippen molar-refractivity contribution in [3.63, 3.8) is 0 Å². The quantitative estimate of drug-likeness (QED) is 0.488. The summed E-state index contributed by atoms with van der Waals surface area (Å²) in [6.07, 6.45) is 3.12. The Kier molecular flexibility index (Phi) is 8.21. The van der Waals surface area contributed by atoms with Gasteiger partial charge in [-0.25, -0.2) is 0 Å². The molecule has 32 heavy (non-hydrogen) atoms. The van der Waals surface area contributed by atoms with Crippen LogP contribution in [0.1, 0.15) is 23.6 Å². The number of para-hydroxylation sites is 1. The minimum absolute atomic E-state index is 0. The van der Waals surface area contributed by atoms with E-state index < -0.39 is 0 Å². The molecule has 2 aromatic carbocycles. The van der Waals surface area contributed by atoms with E-state index in [1.807, 2.05) is 17.6 Å². The first-order valence-corrected chi connectivity index (χ1v) is 11.3. The highest BCUT2D eigenvalue weighted by Crippen LogP contribution is 2.25. The van der Waals surface area contributed by atoms with Crippen LogP contribution in [0, 0.1) is 13.8 Å². The summed E-state index contributed by atoms with van der Waals surface area (Å²) in [5.74, 6) is -0.183. The summed E-state index contributed by atoms with van der Waals surface area (Å²) in [5.41, 5.74) is 6.54. The maximum atomic E-state index is 12.0. The van der Waals surface area contributed by atoms with Crippen LogP contribution in [0.5, 0.6) is 0 Å². The van der Waals surface area contributed by atoms with Crippen molar-refractivity contribution < 1.29 is 9.53 Å². The van der Waals surface area contributed by atoms with Crippen LogP contribution < -0.4 is 4.90 Å². The van der Waals surface area contributed by atoms with Crippen LogP contribution >= 0.6 is 12.4 Å². The molecule has 1 fully saturated rings. The number of ether oxygens (including phenoxy) is 1. The Bertz CT molecular complexity index is 1050. The molecule has 6 heteroatoms. The van der Waals surface area contributed by atoms with Crippen LogP contribution in [0.3, 0.4) is 0 Å². The number of carbonyl (C=O) groups excluding carboxylic acids is 1. The summed E-state index contributed by atoms with van der Waals surface area (Å²) >= 11 is 0. The number of rotatable bonds is 7. The molecular formula is C26H34ClN3O2. The predicted molar refractivity (Wildman–Crippen MR) is 134 cm³/mol. The highest BCUT2D eigenvalue weighted by molar-refractivity contribution is 5.86. The number of anilines is 1. The Morgan fingerprint density at radius 2 is 1.75 bits per heavy atom. The lowest BCUT2D eigenvalue weighted by Gasteiger charge is -2.37. The van der Waals surface area contributed by atoms with Crippen molar-refractivity contribution in [3.05, 3.63) is 65.4 Å². The minimum atomic E-state index is -0.183. The van der Waals surface area contributed by atoms with Gasteiger partial charge in [-0.2, -0.15) is 0 Å². The highest BCUT2D eigenvalue weighted by atomic mass is 35.5. The van der Waals surface area contributed by atoms with Crippen LogP contribution in [-0.4, -0.2) is 54.8 Å². The number of aryl methyl sites for hydroxylation is 1. The molecule has 0 spiro atoms. The van der Waals surface area contributed by atoms with Crippen molar-refractivity contribution in [1.82, 2.24) is 9.47 Å². The largest absolute Gasteiger partial charge is 0.465 e. The van der Waals surface area contributed by atoms with E-state index in [-0.39, 0.29) is 24.9 Å². The number of fused-ring (bicyclic) bond motifs is 1. The lowest BCUT2D eigenvalue weighted by atomic mass is 10.1. The van der Waals surface area contributed by atoms with Crippen LogP contribution in [-0.2, 0) is 22.5 Å². The smallest absolute Gasteiger partial charge is 0.325 e. The van der Waals surface area contributed by atoms with Crippen LogP contribution in [0.4, 0.5) is 5.69 Å². The summed E-state index contributed by atoms with van der Waals surface area (Å²) in [6.45, 7) is 12.3. The van der Waals surface area contributed by atoms with Crippen molar-refractivity contribution in [2.45, 2.75) is 33.7 Å². The van der Waals surface area contributed by atoms with Gasteiger partial charge in [-0.05, 0) is 56.0 Å². The third-order valence-corrected chi connectivity index (χ3v) is 6.46. The molecule has 0 saturated carbocycles.